The first-order chi connectivity index (χ1) is 8.41. The lowest BCUT2D eigenvalue weighted by Gasteiger charge is -2.21. The van der Waals surface area contributed by atoms with Gasteiger partial charge in [-0.05, 0) is 24.6 Å². The van der Waals surface area contributed by atoms with Crippen molar-refractivity contribution in [3.8, 4) is 0 Å². The number of nitrogens with zero attached hydrogens (tertiary/aromatic N) is 1. The van der Waals surface area contributed by atoms with Crippen LogP contribution in [0.5, 0.6) is 0 Å². The number of rotatable bonds is 4. The van der Waals surface area contributed by atoms with Gasteiger partial charge in [0.25, 0.3) is 0 Å². The molecule has 0 aromatic heterocycles. The van der Waals surface area contributed by atoms with Gasteiger partial charge >= 0.3 is 12.0 Å². The van der Waals surface area contributed by atoms with Crippen molar-refractivity contribution in [1.82, 2.24) is 10.2 Å². The van der Waals surface area contributed by atoms with Gasteiger partial charge in [-0.15, -0.1) is 0 Å². The van der Waals surface area contributed by atoms with E-state index in [1.807, 2.05) is 24.3 Å². The number of nitrogens with one attached hydrogen (secondary N) is 1. The number of carboxylic acid groups (broad SMARTS) is 1. The van der Waals surface area contributed by atoms with E-state index >= 15 is 0 Å². The standard InChI is InChI=1S/C12H15BrN2O3/c1-8(11(16)17)15(2)12(18)14-7-9-3-5-10(13)6-4-9/h3-6,8H,7H2,1-2H3,(H,14,18)(H,16,17). The molecule has 0 fully saturated rings. The van der Waals surface area contributed by atoms with Crippen molar-refractivity contribution in [1.29, 1.82) is 0 Å². The van der Waals surface area contributed by atoms with Crippen molar-refractivity contribution < 1.29 is 14.7 Å². The minimum absolute atomic E-state index is 0.364. The maximum absolute atomic E-state index is 11.7. The molecule has 0 spiro atoms. The summed E-state index contributed by atoms with van der Waals surface area (Å²) < 4.78 is 0.967. The Bertz CT molecular complexity index is 433. The predicted octanol–water partition coefficient (Wildman–Crippen LogP) is 2.06. The average molecular weight is 315 g/mol. The van der Waals surface area contributed by atoms with Crippen LogP contribution >= 0.6 is 15.9 Å². The van der Waals surface area contributed by atoms with Gasteiger partial charge in [0.2, 0.25) is 0 Å². The second-order valence-corrected chi connectivity index (χ2v) is 4.83. The molecule has 0 radical (unpaired) electrons. The molecule has 1 rings (SSSR count). The van der Waals surface area contributed by atoms with Crippen LogP contribution in [0.15, 0.2) is 28.7 Å². The number of likely N-dealkylation sites (N-methyl/N-ethyl adjacent to an activating group) is 1. The van der Waals surface area contributed by atoms with Gasteiger partial charge in [0, 0.05) is 18.1 Å². The minimum Gasteiger partial charge on any atom is -0.480 e. The molecular formula is C12H15BrN2O3. The zero-order valence-electron chi connectivity index (χ0n) is 10.2. The normalized spacial score (nSPS) is 11.7. The lowest BCUT2D eigenvalue weighted by molar-refractivity contribution is -0.141. The monoisotopic (exact) mass is 314 g/mol. The van der Waals surface area contributed by atoms with Crippen LogP contribution in [0, 0.1) is 0 Å². The third-order valence-electron chi connectivity index (χ3n) is 2.62. The minimum atomic E-state index is -1.03. The van der Waals surface area contributed by atoms with E-state index < -0.39 is 18.0 Å². The van der Waals surface area contributed by atoms with Gasteiger partial charge in [-0.25, -0.2) is 9.59 Å². The Balaban J connectivity index is 2.50. The maximum Gasteiger partial charge on any atom is 0.326 e. The fourth-order valence-corrected chi connectivity index (χ4v) is 1.51. The van der Waals surface area contributed by atoms with E-state index in [0.717, 1.165) is 14.9 Å². The number of urea groups is 1. The largest absolute Gasteiger partial charge is 0.480 e. The van der Waals surface area contributed by atoms with Crippen LogP contribution in [0.3, 0.4) is 0 Å². The number of carbonyl (C=O) groups excluding carboxylic acids is 1. The van der Waals surface area contributed by atoms with Gasteiger partial charge in [-0.3, -0.25) is 0 Å². The zero-order valence-corrected chi connectivity index (χ0v) is 11.8. The number of hydrogen-bond acceptors (Lipinski definition) is 2. The Morgan fingerprint density at radius 3 is 2.44 bits per heavy atom. The molecule has 1 aromatic rings. The maximum atomic E-state index is 11.7. The van der Waals surface area contributed by atoms with Gasteiger partial charge in [-0.1, -0.05) is 28.1 Å². The van der Waals surface area contributed by atoms with E-state index in [4.69, 9.17) is 5.11 Å². The molecule has 6 heteroatoms. The summed E-state index contributed by atoms with van der Waals surface area (Å²) in [6.45, 7) is 1.82. The molecule has 0 bridgehead atoms. The molecule has 0 aliphatic carbocycles. The number of carboxylic acids is 1. The quantitative estimate of drug-likeness (QED) is 0.893. The van der Waals surface area contributed by atoms with Crippen LogP contribution in [-0.2, 0) is 11.3 Å². The van der Waals surface area contributed by atoms with Crippen LogP contribution in [0.4, 0.5) is 4.79 Å². The molecule has 1 unspecified atom stereocenters. The summed E-state index contributed by atoms with van der Waals surface area (Å²) in [5.74, 6) is -1.03. The van der Waals surface area contributed by atoms with E-state index in [-0.39, 0.29) is 0 Å². The Labute approximate surface area is 114 Å². The first-order valence-corrected chi connectivity index (χ1v) is 6.19. The number of hydrogen-bond donors (Lipinski definition) is 2. The third-order valence-corrected chi connectivity index (χ3v) is 3.14. The van der Waals surface area contributed by atoms with Crippen molar-refractivity contribution in [2.75, 3.05) is 7.05 Å². The summed E-state index contributed by atoms with van der Waals surface area (Å²) in [5.41, 5.74) is 0.947. The Kier molecular flexibility index (Phi) is 5.15. The van der Waals surface area contributed by atoms with E-state index in [9.17, 15) is 9.59 Å². The molecular weight excluding hydrogens is 300 g/mol. The van der Waals surface area contributed by atoms with Gasteiger partial charge in [0.15, 0.2) is 0 Å². The molecule has 1 atom stereocenters. The fourth-order valence-electron chi connectivity index (χ4n) is 1.25. The zero-order chi connectivity index (χ0) is 13.7. The lowest BCUT2D eigenvalue weighted by atomic mass is 10.2. The Morgan fingerprint density at radius 1 is 1.39 bits per heavy atom. The van der Waals surface area contributed by atoms with Crippen LogP contribution in [0.2, 0.25) is 0 Å². The summed E-state index contributed by atoms with van der Waals surface area (Å²) in [7, 11) is 1.45. The second-order valence-electron chi connectivity index (χ2n) is 3.91. The summed E-state index contributed by atoms with van der Waals surface area (Å²) in [5, 5.41) is 11.5. The average Bonchev–Trinajstić information content (AvgIpc) is 2.35. The molecule has 18 heavy (non-hydrogen) atoms. The summed E-state index contributed by atoms with van der Waals surface area (Å²) in [6, 6.07) is 6.26. The van der Waals surface area contributed by atoms with Crippen molar-refractivity contribution in [3.63, 3.8) is 0 Å². The molecule has 98 valence electrons. The van der Waals surface area contributed by atoms with Gasteiger partial charge in [-0.2, -0.15) is 0 Å². The van der Waals surface area contributed by atoms with Crippen molar-refractivity contribution in [2.24, 2.45) is 0 Å². The highest BCUT2D eigenvalue weighted by Crippen LogP contribution is 2.10. The molecule has 1 aromatic carbocycles. The fraction of sp³-hybridized carbons (Fsp3) is 0.333. The number of carbonyl (C=O) groups is 2. The van der Waals surface area contributed by atoms with Gasteiger partial charge < -0.3 is 15.3 Å². The third kappa shape index (κ3) is 4.03. The molecule has 0 aliphatic rings. The lowest BCUT2D eigenvalue weighted by Crippen LogP contribution is -2.45. The molecule has 0 heterocycles. The Hall–Kier alpha value is -1.56. The number of halogens is 1. The highest BCUT2D eigenvalue weighted by molar-refractivity contribution is 9.10. The Morgan fingerprint density at radius 2 is 1.94 bits per heavy atom. The summed E-state index contributed by atoms with van der Waals surface area (Å²) >= 11 is 3.32. The summed E-state index contributed by atoms with van der Waals surface area (Å²) in [4.78, 5) is 23.6. The highest BCUT2D eigenvalue weighted by atomic mass is 79.9. The molecule has 0 aliphatic heterocycles. The van der Waals surface area contributed by atoms with E-state index in [0.29, 0.717) is 6.54 Å². The van der Waals surface area contributed by atoms with Crippen LogP contribution in [0.1, 0.15) is 12.5 Å². The molecule has 0 saturated carbocycles. The number of aliphatic carboxylic acids is 1. The first kappa shape index (κ1) is 14.5. The number of amides is 2. The van der Waals surface area contributed by atoms with Crippen LogP contribution < -0.4 is 5.32 Å². The number of benzene rings is 1. The first-order valence-electron chi connectivity index (χ1n) is 5.39. The predicted molar refractivity (Wildman–Crippen MR) is 71.2 cm³/mol. The molecule has 2 N–H and O–H groups in total. The van der Waals surface area contributed by atoms with Crippen molar-refractivity contribution in [2.45, 2.75) is 19.5 Å². The van der Waals surface area contributed by atoms with Gasteiger partial charge in [0.05, 0.1) is 0 Å². The van der Waals surface area contributed by atoms with E-state index in [1.165, 1.54) is 14.0 Å². The smallest absolute Gasteiger partial charge is 0.326 e. The second kappa shape index (κ2) is 6.39. The van der Waals surface area contributed by atoms with E-state index in [1.54, 1.807) is 0 Å². The topological polar surface area (TPSA) is 69.6 Å². The SMILES string of the molecule is CC(C(=O)O)N(C)C(=O)NCc1ccc(Br)cc1. The summed E-state index contributed by atoms with van der Waals surface area (Å²) in [6.07, 6.45) is 0. The van der Waals surface area contributed by atoms with Crippen molar-refractivity contribution in [3.05, 3.63) is 34.3 Å². The van der Waals surface area contributed by atoms with E-state index in [2.05, 4.69) is 21.2 Å². The molecule has 5 nitrogen and oxygen atoms in total. The van der Waals surface area contributed by atoms with Crippen molar-refractivity contribution >= 4 is 27.9 Å². The van der Waals surface area contributed by atoms with Gasteiger partial charge in [0.1, 0.15) is 6.04 Å². The van der Waals surface area contributed by atoms with Crippen LogP contribution in [0.25, 0.3) is 0 Å². The molecule has 0 saturated heterocycles. The molecule has 2 amide bonds. The highest BCUT2D eigenvalue weighted by Gasteiger charge is 2.21. The van der Waals surface area contributed by atoms with Crippen LogP contribution in [-0.4, -0.2) is 35.1 Å².